The molecule has 1 heterocycles. The van der Waals surface area contributed by atoms with E-state index in [0.717, 1.165) is 11.3 Å². The molecule has 0 aliphatic heterocycles. The van der Waals surface area contributed by atoms with E-state index < -0.39 is 35.4 Å². The molecule has 0 bridgehead atoms. The van der Waals surface area contributed by atoms with E-state index in [1.165, 1.54) is 5.38 Å². The average Bonchev–Trinajstić information content (AvgIpc) is 2.80. The third-order valence-corrected chi connectivity index (χ3v) is 3.62. The van der Waals surface area contributed by atoms with Crippen molar-refractivity contribution in [2.24, 2.45) is 0 Å². The number of ether oxygens (including phenoxy) is 2. The Hall–Kier alpha value is -1.67. The van der Waals surface area contributed by atoms with E-state index in [1.54, 1.807) is 27.7 Å². The largest absolute Gasteiger partial charge is 0.476 e. The summed E-state index contributed by atoms with van der Waals surface area (Å²) in [6.45, 7) is 12.8. The van der Waals surface area contributed by atoms with Gasteiger partial charge in [0.15, 0.2) is 5.69 Å². The Kier molecular flexibility index (Phi) is 6.35. The summed E-state index contributed by atoms with van der Waals surface area (Å²) in [5.74, 6) is -1.11. The Labute approximate surface area is 146 Å². The van der Waals surface area contributed by atoms with Crippen LogP contribution in [0.15, 0.2) is 5.38 Å². The quantitative estimate of drug-likeness (QED) is 0.834. The van der Waals surface area contributed by atoms with Crippen LogP contribution in [0, 0.1) is 0 Å². The molecule has 0 aliphatic carbocycles. The second-order valence-corrected chi connectivity index (χ2v) is 8.33. The van der Waals surface area contributed by atoms with Gasteiger partial charge in [0.1, 0.15) is 16.7 Å². The summed E-state index contributed by atoms with van der Waals surface area (Å²) in [5, 5.41) is 13.7. The number of nitrogens with zero attached hydrogens (tertiary/aromatic N) is 1. The van der Waals surface area contributed by atoms with E-state index in [9.17, 15) is 9.59 Å². The maximum absolute atomic E-state index is 12.1. The van der Waals surface area contributed by atoms with Gasteiger partial charge in [-0.2, -0.15) is 0 Å². The maximum Gasteiger partial charge on any atom is 0.408 e. The van der Waals surface area contributed by atoms with Gasteiger partial charge in [0.25, 0.3) is 0 Å². The molecule has 136 valence electrons. The van der Waals surface area contributed by atoms with E-state index in [1.807, 2.05) is 20.8 Å². The summed E-state index contributed by atoms with van der Waals surface area (Å²) in [6, 6.07) is -0.614. The fourth-order valence-corrected chi connectivity index (χ4v) is 2.90. The molecule has 2 N–H and O–H groups in total. The fourth-order valence-electron chi connectivity index (χ4n) is 1.97. The second-order valence-electron chi connectivity index (χ2n) is 7.44. The lowest BCUT2D eigenvalue weighted by atomic mass is 10.1. The lowest BCUT2D eigenvalue weighted by Gasteiger charge is -2.31. The molecule has 0 aliphatic rings. The summed E-state index contributed by atoms with van der Waals surface area (Å²) in [5.41, 5.74) is -1.13. The number of thiazole rings is 1. The van der Waals surface area contributed by atoms with Gasteiger partial charge in [-0.15, -0.1) is 11.3 Å². The van der Waals surface area contributed by atoms with Crippen molar-refractivity contribution in [3.05, 3.63) is 16.1 Å². The van der Waals surface area contributed by atoms with Crippen LogP contribution in [-0.4, -0.2) is 39.5 Å². The number of carboxylic acids is 1. The first-order valence-corrected chi connectivity index (χ1v) is 8.52. The monoisotopic (exact) mass is 358 g/mol. The molecular weight excluding hydrogens is 332 g/mol. The Bertz CT molecular complexity index is 586. The summed E-state index contributed by atoms with van der Waals surface area (Å²) in [4.78, 5) is 27.3. The van der Waals surface area contributed by atoms with Gasteiger partial charge in [0.05, 0.1) is 11.7 Å². The number of rotatable bonds is 5. The van der Waals surface area contributed by atoms with E-state index >= 15 is 0 Å². The number of carbonyl (C=O) groups is 2. The number of aromatic nitrogens is 1. The van der Waals surface area contributed by atoms with Crippen molar-refractivity contribution >= 4 is 23.4 Å². The molecule has 8 heteroatoms. The smallest absolute Gasteiger partial charge is 0.408 e. The van der Waals surface area contributed by atoms with E-state index in [-0.39, 0.29) is 5.69 Å². The first-order chi connectivity index (χ1) is 10.8. The lowest BCUT2D eigenvalue weighted by molar-refractivity contribution is -0.0677. The average molecular weight is 358 g/mol. The molecule has 0 fully saturated rings. The number of carboxylic acid groups (broad SMARTS) is 1. The molecular formula is C16H26N2O5S. The number of nitrogens with one attached hydrogen (secondary N) is 1. The van der Waals surface area contributed by atoms with Crippen LogP contribution in [0.2, 0.25) is 0 Å². The van der Waals surface area contributed by atoms with Crippen molar-refractivity contribution in [1.29, 1.82) is 0 Å². The minimum absolute atomic E-state index is 0.0612. The van der Waals surface area contributed by atoms with Crippen LogP contribution >= 0.6 is 11.3 Å². The first kappa shape index (κ1) is 20.4. The number of hydrogen-bond donors (Lipinski definition) is 2. The van der Waals surface area contributed by atoms with Crippen LogP contribution in [0.3, 0.4) is 0 Å². The van der Waals surface area contributed by atoms with Crippen molar-refractivity contribution < 1.29 is 24.2 Å². The van der Waals surface area contributed by atoms with E-state index in [4.69, 9.17) is 14.6 Å². The second kappa shape index (κ2) is 7.48. The minimum Gasteiger partial charge on any atom is -0.476 e. The molecule has 0 radical (unpaired) electrons. The van der Waals surface area contributed by atoms with Crippen LogP contribution in [0.5, 0.6) is 0 Å². The summed E-state index contributed by atoms with van der Waals surface area (Å²) in [7, 11) is 0. The summed E-state index contributed by atoms with van der Waals surface area (Å²) in [6.07, 6.45) is -1.03. The zero-order valence-corrected chi connectivity index (χ0v) is 16.0. The van der Waals surface area contributed by atoms with Gasteiger partial charge >= 0.3 is 12.1 Å². The van der Waals surface area contributed by atoms with Crippen LogP contribution in [0.4, 0.5) is 4.79 Å². The molecule has 1 amide bonds. The van der Waals surface area contributed by atoms with Crippen LogP contribution in [-0.2, 0) is 9.47 Å². The third kappa shape index (κ3) is 6.84. The van der Waals surface area contributed by atoms with Gasteiger partial charge in [-0.3, -0.25) is 0 Å². The molecule has 0 unspecified atom stereocenters. The Morgan fingerprint density at radius 1 is 1.21 bits per heavy atom. The van der Waals surface area contributed by atoms with Gasteiger partial charge in [0.2, 0.25) is 0 Å². The molecule has 2 atom stereocenters. The zero-order valence-electron chi connectivity index (χ0n) is 15.2. The highest BCUT2D eigenvalue weighted by Gasteiger charge is 2.30. The van der Waals surface area contributed by atoms with Crippen LogP contribution in [0.25, 0.3) is 0 Å². The van der Waals surface area contributed by atoms with Crippen molar-refractivity contribution in [2.75, 3.05) is 0 Å². The Morgan fingerprint density at radius 2 is 1.79 bits per heavy atom. The molecule has 0 saturated carbocycles. The zero-order chi connectivity index (χ0) is 18.7. The van der Waals surface area contributed by atoms with Crippen molar-refractivity contribution in [2.45, 2.75) is 71.8 Å². The van der Waals surface area contributed by atoms with Gasteiger partial charge in [-0.25, -0.2) is 14.6 Å². The molecule has 1 aromatic rings. The Balaban J connectivity index is 3.02. The number of aromatic carboxylic acids is 1. The molecule has 1 rings (SSSR count). The van der Waals surface area contributed by atoms with Crippen LogP contribution < -0.4 is 5.32 Å². The van der Waals surface area contributed by atoms with Crippen molar-refractivity contribution in [3.63, 3.8) is 0 Å². The van der Waals surface area contributed by atoms with E-state index in [0.29, 0.717) is 5.01 Å². The van der Waals surface area contributed by atoms with E-state index in [2.05, 4.69) is 10.3 Å². The molecule has 0 spiro atoms. The highest BCUT2D eigenvalue weighted by Crippen LogP contribution is 2.26. The van der Waals surface area contributed by atoms with Crippen LogP contribution in [0.1, 0.15) is 70.0 Å². The number of alkyl carbamates (subject to hydrolysis) is 1. The Morgan fingerprint density at radius 3 is 2.21 bits per heavy atom. The highest BCUT2D eigenvalue weighted by atomic mass is 32.1. The third-order valence-electron chi connectivity index (χ3n) is 2.69. The van der Waals surface area contributed by atoms with Crippen molar-refractivity contribution in [1.82, 2.24) is 10.3 Å². The molecule has 7 nitrogen and oxygen atoms in total. The number of hydrogen-bond acceptors (Lipinski definition) is 6. The predicted octanol–water partition coefficient (Wildman–Crippen LogP) is 3.61. The van der Waals surface area contributed by atoms with Gasteiger partial charge in [0, 0.05) is 5.38 Å². The fraction of sp³-hybridized carbons (Fsp3) is 0.688. The number of carbonyl (C=O) groups excluding carboxylic acids is 1. The molecule has 0 saturated heterocycles. The topological polar surface area (TPSA) is 97.8 Å². The standard InChI is InChI=1S/C16H26N2O5S/c1-9(22-15(2,3)4)11(18-14(21)23-16(5,6)7)12-17-10(8-24-12)13(19)20/h8-9,11H,1-7H3,(H,18,21)(H,19,20)/t9-,11+/m1/s1. The highest BCUT2D eigenvalue weighted by molar-refractivity contribution is 7.09. The molecule has 0 aromatic carbocycles. The van der Waals surface area contributed by atoms with Gasteiger partial charge in [-0.1, -0.05) is 0 Å². The first-order valence-electron chi connectivity index (χ1n) is 7.64. The molecule has 24 heavy (non-hydrogen) atoms. The number of amides is 1. The minimum atomic E-state index is -1.11. The maximum atomic E-state index is 12.1. The normalized spacial score (nSPS) is 14.8. The summed E-state index contributed by atoms with van der Waals surface area (Å²) < 4.78 is 11.2. The lowest BCUT2D eigenvalue weighted by Crippen LogP contribution is -2.41. The van der Waals surface area contributed by atoms with Crippen molar-refractivity contribution in [3.8, 4) is 0 Å². The van der Waals surface area contributed by atoms with Gasteiger partial charge in [-0.05, 0) is 48.5 Å². The molecule has 1 aromatic heterocycles. The summed E-state index contributed by atoms with van der Waals surface area (Å²) >= 11 is 1.16. The predicted molar refractivity (Wildman–Crippen MR) is 91.5 cm³/mol. The van der Waals surface area contributed by atoms with Gasteiger partial charge < -0.3 is 19.9 Å². The SMILES string of the molecule is C[C@@H](OC(C)(C)C)[C@H](NC(=O)OC(C)(C)C)c1nc(C(=O)O)cs1.